The van der Waals surface area contributed by atoms with Gasteiger partial charge in [-0.2, -0.15) is 0 Å². The zero-order valence-corrected chi connectivity index (χ0v) is 19.2. The molecule has 0 spiro atoms. The molecule has 0 saturated carbocycles. The van der Waals surface area contributed by atoms with Gasteiger partial charge in [0.25, 0.3) is 11.8 Å². The van der Waals surface area contributed by atoms with E-state index in [9.17, 15) is 9.59 Å². The van der Waals surface area contributed by atoms with E-state index >= 15 is 0 Å². The molecule has 0 radical (unpaired) electrons. The van der Waals surface area contributed by atoms with E-state index in [0.717, 1.165) is 6.54 Å². The van der Waals surface area contributed by atoms with E-state index in [0.29, 0.717) is 30.2 Å². The number of carbonyl (C=O) groups excluding carboxylic acids is 2. The Labute approximate surface area is 188 Å². The standard InChI is InChI=1S/C23H31N5O4/c1-15-12-27(3)16(2)14-32-20-7-6-17(26-22(29)19-11-24-8-9-25-19)10-18(20)23(30)28(4)13-21(15)31-5/h6-11,15-16,21H,12-14H2,1-5H3,(H,26,29)/t15-,16-,21+/m1/s1. The first kappa shape index (κ1) is 23.6. The Morgan fingerprint density at radius 3 is 2.69 bits per heavy atom. The summed E-state index contributed by atoms with van der Waals surface area (Å²) < 4.78 is 11.7. The lowest BCUT2D eigenvalue weighted by Crippen LogP contribution is -2.45. The van der Waals surface area contributed by atoms with Gasteiger partial charge in [-0.3, -0.25) is 19.5 Å². The summed E-state index contributed by atoms with van der Waals surface area (Å²) in [5, 5.41) is 2.77. The summed E-state index contributed by atoms with van der Waals surface area (Å²) in [5.41, 5.74) is 1.04. The summed E-state index contributed by atoms with van der Waals surface area (Å²) in [5.74, 6) is 0.0873. The molecule has 2 heterocycles. The number of hydrogen-bond donors (Lipinski definition) is 1. The maximum atomic E-state index is 13.3. The van der Waals surface area contributed by atoms with Gasteiger partial charge in [-0.15, -0.1) is 0 Å². The fourth-order valence-electron chi connectivity index (χ4n) is 3.65. The highest BCUT2D eigenvalue weighted by Crippen LogP contribution is 2.26. The number of methoxy groups -OCH3 is 1. The van der Waals surface area contributed by atoms with E-state index in [2.05, 4.69) is 41.1 Å². The van der Waals surface area contributed by atoms with Crippen LogP contribution in [0.2, 0.25) is 0 Å². The number of carbonyl (C=O) groups is 2. The minimum absolute atomic E-state index is 0.109. The van der Waals surface area contributed by atoms with Crippen LogP contribution in [0.1, 0.15) is 34.7 Å². The van der Waals surface area contributed by atoms with E-state index in [-0.39, 0.29) is 29.7 Å². The number of nitrogens with one attached hydrogen (secondary N) is 1. The summed E-state index contributed by atoms with van der Waals surface area (Å²) in [6, 6.07) is 5.20. The van der Waals surface area contributed by atoms with Crippen molar-refractivity contribution in [2.45, 2.75) is 26.0 Å². The number of anilines is 1. The van der Waals surface area contributed by atoms with Gasteiger partial charge in [-0.05, 0) is 38.1 Å². The molecule has 9 nitrogen and oxygen atoms in total. The highest BCUT2D eigenvalue weighted by atomic mass is 16.5. The molecular weight excluding hydrogens is 410 g/mol. The third-order valence-corrected chi connectivity index (χ3v) is 5.81. The number of nitrogens with zero attached hydrogens (tertiary/aromatic N) is 4. The van der Waals surface area contributed by atoms with Crippen LogP contribution in [-0.4, -0.2) is 84.6 Å². The van der Waals surface area contributed by atoms with Crippen LogP contribution in [0.4, 0.5) is 5.69 Å². The van der Waals surface area contributed by atoms with Crippen molar-refractivity contribution in [1.29, 1.82) is 0 Å². The predicted octanol–water partition coefficient (Wildman–Crippen LogP) is 2.16. The first-order valence-electron chi connectivity index (χ1n) is 10.6. The number of fused-ring (bicyclic) bond motifs is 1. The monoisotopic (exact) mass is 441 g/mol. The summed E-state index contributed by atoms with van der Waals surface area (Å²) in [6.45, 7) is 5.90. The third kappa shape index (κ3) is 5.60. The predicted molar refractivity (Wildman–Crippen MR) is 121 cm³/mol. The molecule has 9 heteroatoms. The SMILES string of the molecule is CO[C@H]1CN(C)C(=O)c2cc(NC(=O)c3cnccn3)ccc2OC[C@@H](C)N(C)C[C@H]1C. The Morgan fingerprint density at radius 2 is 2.00 bits per heavy atom. The van der Waals surface area contributed by atoms with Crippen molar-refractivity contribution in [1.82, 2.24) is 19.8 Å². The van der Waals surface area contributed by atoms with Crippen LogP contribution in [0.15, 0.2) is 36.8 Å². The molecule has 0 bridgehead atoms. The molecule has 2 aromatic rings. The molecule has 0 fully saturated rings. The van der Waals surface area contributed by atoms with E-state index in [1.165, 1.54) is 18.6 Å². The first-order valence-corrected chi connectivity index (χ1v) is 10.6. The Hall–Kier alpha value is -3.04. The van der Waals surface area contributed by atoms with Crippen LogP contribution in [0, 0.1) is 5.92 Å². The molecular formula is C23H31N5O4. The molecule has 3 rings (SSSR count). The molecule has 1 aliphatic heterocycles. The van der Waals surface area contributed by atoms with Crippen molar-refractivity contribution < 1.29 is 19.1 Å². The van der Waals surface area contributed by atoms with Crippen molar-refractivity contribution in [2.24, 2.45) is 5.92 Å². The summed E-state index contributed by atoms with van der Waals surface area (Å²) in [7, 11) is 5.48. The Morgan fingerprint density at radius 1 is 1.22 bits per heavy atom. The van der Waals surface area contributed by atoms with Crippen molar-refractivity contribution in [2.75, 3.05) is 46.2 Å². The normalized spacial score (nSPS) is 22.8. The lowest BCUT2D eigenvalue weighted by atomic mass is 10.0. The Kier molecular flexibility index (Phi) is 7.76. The van der Waals surface area contributed by atoms with Crippen LogP contribution < -0.4 is 10.1 Å². The number of likely N-dealkylation sites (N-methyl/N-ethyl adjacent to an activating group) is 2. The molecule has 0 unspecified atom stereocenters. The van der Waals surface area contributed by atoms with Crippen LogP contribution in [0.25, 0.3) is 0 Å². The fourth-order valence-corrected chi connectivity index (χ4v) is 3.65. The average Bonchev–Trinajstić information content (AvgIpc) is 2.80. The second kappa shape index (κ2) is 10.5. The molecule has 32 heavy (non-hydrogen) atoms. The van der Waals surface area contributed by atoms with E-state index in [4.69, 9.17) is 9.47 Å². The molecule has 3 atom stereocenters. The number of ether oxygens (including phenoxy) is 2. The maximum Gasteiger partial charge on any atom is 0.275 e. The summed E-state index contributed by atoms with van der Waals surface area (Å²) >= 11 is 0. The number of rotatable bonds is 3. The molecule has 1 aromatic heterocycles. The summed E-state index contributed by atoms with van der Waals surface area (Å²) in [4.78, 5) is 37.6. The third-order valence-electron chi connectivity index (χ3n) is 5.81. The van der Waals surface area contributed by atoms with Gasteiger partial charge in [0.1, 0.15) is 18.1 Å². The van der Waals surface area contributed by atoms with Crippen LogP contribution in [0.5, 0.6) is 5.75 Å². The number of aromatic nitrogens is 2. The molecule has 1 N–H and O–H groups in total. The minimum atomic E-state index is -0.406. The molecule has 172 valence electrons. The Balaban J connectivity index is 1.91. The number of amides is 2. The number of benzene rings is 1. The second-order valence-corrected chi connectivity index (χ2v) is 8.29. The first-order chi connectivity index (χ1) is 15.3. The number of hydrogen-bond acceptors (Lipinski definition) is 7. The quantitative estimate of drug-likeness (QED) is 0.780. The van der Waals surface area contributed by atoms with Crippen molar-refractivity contribution >= 4 is 17.5 Å². The molecule has 1 aliphatic rings. The van der Waals surface area contributed by atoms with E-state index in [1.54, 1.807) is 37.3 Å². The van der Waals surface area contributed by atoms with Gasteiger partial charge in [0.15, 0.2) is 0 Å². The van der Waals surface area contributed by atoms with Crippen LogP contribution in [0.3, 0.4) is 0 Å². The summed E-state index contributed by atoms with van der Waals surface area (Å²) in [6.07, 6.45) is 4.22. The highest BCUT2D eigenvalue weighted by Gasteiger charge is 2.27. The zero-order valence-electron chi connectivity index (χ0n) is 19.2. The van der Waals surface area contributed by atoms with Gasteiger partial charge in [-0.1, -0.05) is 6.92 Å². The van der Waals surface area contributed by atoms with Gasteiger partial charge in [-0.25, -0.2) is 4.98 Å². The lowest BCUT2D eigenvalue weighted by molar-refractivity contribution is 0.0150. The molecule has 1 aromatic carbocycles. The van der Waals surface area contributed by atoms with Gasteiger partial charge in [0, 0.05) is 51.4 Å². The van der Waals surface area contributed by atoms with Gasteiger partial charge >= 0.3 is 0 Å². The van der Waals surface area contributed by atoms with Crippen LogP contribution in [-0.2, 0) is 4.74 Å². The van der Waals surface area contributed by atoms with Crippen molar-refractivity contribution in [3.63, 3.8) is 0 Å². The topological polar surface area (TPSA) is 96.9 Å². The second-order valence-electron chi connectivity index (χ2n) is 8.29. The van der Waals surface area contributed by atoms with Gasteiger partial charge < -0.3 is 19.7 Å². The molecule has 2 amide bonds. The lowest BCUT2D eigenvalue weighted by Gasteiger charge is -2.34. The van der Waals surface area contributed by atoms with E-state index in [1.807, 2.05) is 0 Å². The van der Waals surface area contributed by atoms with Gasteiger partial charge in [0.2, 0.25) is 0 Å². The zero-order chi connectivity index (χ0) is 23.3. The van der Waals surface area contributed by atoms with Crippen molar-refractivity contribution in [3.8, 4) is 5.75 Å². The largest absolute Gasteiger partial charge is 0.491 e. The fraction of sp³-hybridized carbons (Fsp3) is 0.478. The maximum absolute atomic E-state index is 13.3. The smallest absolute Gasteiger partial charge is 0.275 e. The molecule has 0 saturated heterocycles. The minimum Gasteiger partial charge on any atom is -0.491 e. The Bertz CT molecular complexity index is 939. The van der Waals surface area contributed by atoms with Crippen LogP contribution >= 0.6 is 0 Å². The van der Waals surface area contributed by atoms with Crippen molar-refractivity contribution in [3.05, 3.63) is 48.0 Å². The van der Waals surface area contributed by atoms with Gasteiger partial charge in [0.05, 0.1) is 17.9 Å². The van der Waals surface area contributed by atoms with E-state index < -0.39 is 5.91 Å². The highest BCUT2D eigenvalue weighted by molar-refractivity contribution is 6.04. The average molecular weight is 442 g/mol. The molecule has 0 aliphatic carbocycles.